The highest BCUT2D eigenvalue weighted by atomic mass is 16.5. The van der Waals surface area contributed by atoms with Gasteiger partial charge < -0.3 is 14.4 Å². The lowest BCUT2D eigenvalue weighted by atomic mass is 10.1. The summed E-state index contributed by atoms with van der Waals surface area (Å²) in [6, 6.07) is 5.18. The molecule has 0 atom stereocenters. The van der Waals surface area contributed by atoms with Crippen molar-refractivity contribution in [3.63, 3.8) is 0 Å². The number of phenols is 1. The highest BCUT2D eigenvalue weighted by molar-refractivity contribution is 5.97. The van der Waals surface area contributed by atoms with Gasteiger partial charge in [-0.05, 0) is 32.0 Å². The Hall–Kier alpha value is -1.97. The Balaban J connectivity index is 2.64. The molecule has 17 heavy (non-hydrogen) atoms. The normalized spacial score (nSPS) is 10.8. The van der Waals surface area contributed by atoms with Crippen molar-refractivity contribution in [2.24, 2.45) is 7.05 Å². The number of carbonyl (C=O) groups is 1. The molecule has 0 fully saturated rings. The van der Waals surface area contributed by atoms with E-state index in [1.807, 2.05) is 14.0 Å². The van der Waals surface area contributed by atoms with Crippen LogP contribution in [0.15, 0.2) is 18.2 Å². The Kier molecular flexibility index (Phi) is 2.79. The van der Waals surface area contributed by atoms with Gasteiger partial charge in [0.1, 0.15) is 11.4 Å². The fourth-order valence-electron chi connectivity index (χ4n) is 1.94. The summed E-state index contributed by atoms with van der Waals surface area (Å²) in [4.78, 5) is 11.7. The van der Waals surface area contributed by atoms with Crippen LogP contribution in [0.2, 0.25) is 0 Å². The summed E-state index contributed by atoms with van der Waals surface area (Å²) < 4.78 is 6.76. The second kappa shape index (κ2) is 4.13. The Labute approximate surface area is 99.4 Å². The van der Waals surface area contributed by atoms with E-state index < -0.39 is 0 Å². The van der Waals surface area contributed by atoms with Gasteiger partial charge in [0.05, 0.1) is 6.61 Å². The number of esters is 1. The molecule has 0 saturated heterocycles. The number of phenolic OH excluding ortho intramolecular Hbond substituents is 1. The first-order valence-corrected chi connectivity index (χ1v) is 5.51. The molecule has 1 aromatic carbocycles. The largest absolute Gasteiger partial charge is 0.508 e. The van der Waals surface area contributed by atoms with Crippen LogP contribution in [0.5, 0.6) is 5.75 Å². The number of carbonyl (C=O) groups excluding carboxylic acids is 1. The Morgan fingerprint density at radius 3 is 2.82 bits per heavy atom. The average molecular weight is 233 g/mol. The summed E-state index contributed by atoms with van der Waals surface area (Å²) in [5.41, 5.74) is 2.17. The minimum absolute atomic E-state index is 0.235. The summed E-state index contributed by atoms with van der Waals surface area (Å²) >= 11 is 0. The molecular formula is C13H15NO3. The first kappa shape index (κ1) is 11.5. The third-order valence-electron chi connectivity index (χ3n) is 2.95. The first-order chi connectivity index (χ1) is 8.06. The first-order valence-electron chi connectivity index (χ1n) is 5.51. The highest BCUT2D eigenvalue weighted by Crippen LogP contribution is 2.28. The average Bonchev–Trinajstić information content (AvgIpc) is 2.63. The molecule has 0 saturated carbocycles. The lowest BCUT2D eigenvalue weighted by Gasteiger charge is -2.04. The molecule has 0 aliphatic carbocycles. The Morgan fingerprint density at radius 2 is 2.18 bits per heavy atom. The maximum absolute atomic E-state index is 11.7. The van der Waals surface area contributed by atoms with Crippen LogP contribution in [-0.2, 0) is 11.8 Å². The second-order valence-electron chi connectivity index (χ2n) is 3.95. The van der Waals surface area contributed by atoms with Crippen molar-refractivity contribution in [1.82, 2.24) is 4.57 Å². The van der Waals surface area contributed by atoms with Crippen LogP contribution in [0.4, 0.5) is 0 Å². The van der Waals surface area contributed by atoms with Crippen LogP contribution in [0.3, 0.4) is 0 Å². The topological polar surface area (TPSA) is 51.5 Å². The maximum atomic E-state index is 11.7. The predicted octanol–water partition coefficient (Wildman–Crippen LogP) is 2.37. The van der Waals surface area contributed by atoms with Gasteiger partial charge in [-0.15, -0.1) is 0 Å². The number of hydrogen-bond acceptors (Lipinski definition) is 3. The summed E-state index contributed by atoms with van der Waals surface area (Å²) in [5.74, 6) is -0.108. The number of rotatable bonds is 2. The number of hydrogen-bond donors (Lipinski definition) is 1. The van der Waals surface area contributed by atoms with Gasteiger partial charge in [0.2, 0.25) is 0 Å². The van der Waals surface area contributed by atoms with E-state index in [0.29, 0.717) is 12.3 Å². The van der Waals surface area contributed by atoms with E-state index in [4.69, 9.17) is 4.74 Å². The number of benzene rings is 1. The van der Waals surface area contributed by atoms with E-state index in [-0.39, 0.29) is 11.7 Å². The summed E-state index contributed by atoms with van der Waals surface area (Å²) in [6.45, 7) is 3.95. The van der Waals surface area contributed by atoms with E-state index in [0.717, 1.165) is 16.5 Å². The lowest BCUT2D eigenvalue weighted by Crippen LogP contribution is -2.09. The van der Waals surface area contributed by atoms with Crippen molar-refractivity contribution in [3.8, 4) is 5.75 Å². The fraction of sp³-hybridized carbons (Fsp3) is 0.308. The van der Waals surface area contributed by atoms with Crippen molar-refractivity contribution in [2.45, 2.75) is 13.8 Å². The lowest BCUT2D eigenvalue weighted by molar-refractivity contribution is 0.0516. The molecule has 0 spiro atoms. The summed E-state index contributed by atoms with van der Waals surface area (Å²) in [6.07, 6.45) is 0. The van der Waals surface area contributed by atoms with Gasteiger partial charge in [-0.3, -0.25) is 0 Å². The molecule has 0 bridgehead atoms. The summed E-state index contributed by atoms with van der Waals surface area (Å²) in [5, 5.41) is 10.5. The molecule has 1 heterocycles. The zero-order chi connectivity index (χ0) is 12.6. The van der Waals surface area contributed by atoms with Crippen LogP contribution in [0, 0.1) is 6.92 Å². The number of aromatic nitrogens is 1. The van der Waals surface area contributed by atoms with Crippen LogP contribution in [0.25, 0.3) is 10.9 Å². The molecule has 0 aliphatic rings. The van der Waals surface area contributed by atoms with Crippen LogP contribution in [0.1, 0.15) is 23.0 Å². The monoisotopic (exact) mass is 233 g/mol. The molecule has 0 aliphatic heterocycles. The number of aromatic hydroxyl groups is 1. The van der Waals surface area contributed by atoms with E-state index in [9.17, 15) is 9.90 Å². The Morgan fingerprint density at radius 1 is 1.47 bits per heavy atom. The molecule has 0 radical (unpaired) electrons. The number of ether oxygens (including phenoxy) is 1. The molecule has 2 aromatic rings. The molecule has 0 unspecified atom stereocenters. The van der Waals surface area contributed by atoms with E-state index in [1.165, 1.54) is 0 Å². The quantitative estimate of drug-likeness (QED) is 0.810. The third kappa shape index (κ3) is 1.75. The van der Waals surface area contributed by atoms with Gasteiger partial charge >= 0.3 is 5.97 Å². The molecule has 0 amide bonds. The molecule has 4 heteroatoms. The zero-order valence-corrected chi connectivity index (χ0v) is 10.2. The third-order valence-corrected chi connectivity index (χ3v) is 2.95. The van der Waals surface area contributed by atoms with Crippen molar-refractivity contribution in [2.75, 3.05) is 6.61 Å². The van der Waals surface area contributed by atoms with E-state index in [2.05, 4.69) is 0 Å². The highest BCUT2D eigenvalue weighted by Gasteiger charge is 2.16. The van der Waals surface area contributed by atoms with Crippen molar-refractivity contribution in [3.05, 3.63) is 29.5 Å². The van der Waals surface area contributed by atoms with Crippen molar-refractivity contribution < 1.29 is 14.6 Å². The Bertz CT molecular complexity index is 584. The standard InChI is InChI=1S/C13H15NO3/c1-4-17-13(16)11-7-9-8(2)12(15)6-5-10(9)14(11)3/h5-7,15H,4H2,1-3H3. The number of aryl methyl sites for hydroxylation is 2. The molecular weight excluding hydrogens is 218 g/mol. The van der Waals surface area contributed by atoms with Crippen molar-refractivity contribution >= 4 is 16.9 Å². The summed E-state index contributed by atoms with van der Waals surface area (Å²) in [7, 11) is 1.81. The minimum Gasteiger partial charge on any atom is -0.508 e. The molecule has 2 rings (SSSR count). The SMILES string of the molecule is CCOC(=O)c1cc2c(C)c(O)ccc2n1C. The number of fused-ring (bicyclic) bond motifs is 1. The predicted molar refractivity (Wildman–Crippen MR) is 65.3 cm³/mol. The fourth-order valence-corrected chi connectivity index (χ4v) is 1.94. The smallest absolute Gasteiger partial charge is 0.354 e. The van der Waals surface area contributed by atoms with Crippen LogP contribution in [-0.4, -0.2) is 22.2 Å². The molecule has 1 aromatic heterocycles. The number of nitrogens with zero attached hydrogens (tertiary/aromatic N) is 1. The van der Waals surface area contributed by atoms with E-state index >= 15 is 0 Å². The van der Waals surface area contributed by atoms with Crippen LogP contribution >= 0.6 is 0 Å². The molecule has 4 nitrogen and oxygen atoms in total. The van der Waals surface area contributed by atoms with Crippen molar-refractivity contribution in [1.29, 1.82) is 0 Å². The second-order valence-corrected chi connectivity index (χ2v) is 3.95. The van der Waals surface area contributed by atoms with Crippen LogP contribution < -0.4 is 0 Å². The molecule has 90 valence electrons. The zero-order valence-electron chi connectivity index (χ0n) is 10.2. The van der Waals surface area contributed by atoms with Gasteiger partial charge in [-0.25, -0.2) is 4.79 Å². The minimum atomic E-state index is -0.343. The van der Waals surface area contributed by atoms with Gasteiger partial charge in [0.15, 0.2) is 0 Å². The van der Waals surface area contributed by atoms with Gasteiger partial charge in [0.25, 0.3) is 0 Å². The van der Waals surface area contributed by atoms with E-state index in [1.54, 1.807) is 29.7 Å². The van der Waals surface area contributed by atoms with Gasteiger partial charge in [-0.1, -0.05) is 0 Å². The maximum Gasteiger partial charge on any atom is 0.354 e. The molecule has 1 N–H and O–H groups in total. The van der Waals surface area contributed by atoms with Gasteiger partial charge in [-0.2, -0.15) is 0 Å². The van der Waals surface area contributed by atoms with Gasteiger partial charge in [0, 0.05) is 23.5 Å².